The van der Waals surface area contributed by atoms with Crippen molar-refractivity contribution in [3.05, 3.63) is 0 Å². The number of carbonyl (C=O) groups excluding carboxylic acids is 1. The van der Waals surface area contributed by atoms with E-state index in [1.807, 2.05) is 0 Å². The van der Waals surface area contributed by atoms with Crippen molar-refractivity contribution in [2.24, 2.45) is 5.73 Å². The number of rotatable bonds is 3. The molecule has 0 unspecified atom stereocenters. The Morgan fingerprint density at radius 3 is 1.62 bits per heavy atom. The van der Waals surface area contributed by atoms with Crippen LogP contribution in [-0.2, 0) is 14.4 Å². The van der Waals surface area contributed by atoms with Gasteiger partial charge in [0.25, 0.3) is 0 Å². The van der Waals surface area contributed by atoms with E-state index < -0.39 is 24.4 Å². The lowest BCUT2D eigenvalue weighted by molar-refractivity contribution is -0.144. The smallest absolute Gasteiger partial charge is 0.321 e. The van der Waals surface area contributed by atoms with Crippen LogP contribution in [0.2, 0.25) is 0 Å². The lowest BCUT2D eigenvalue weighted by Crippen LogP contribution is -2.32. The van der Waals surface area contributed by atoms with Gasteiger partial charge in [-0.25, -0.2) is 0 Å². The third-order valence-electron chi connectivity index (χ3n) is 0.712. The molecule has 0 rings (SSSR count). The number of carbonyl (C=O) groups is 3. The molecule has 0 bridgehead atoms. The van der Waals surface area contributed by atoms with Crippen LogP contribution < -0.4 is 5.73 Å². The van der Waals surface area contributed by atoms with Crippen molar-refractivity contribution >= 4 is 17.7 Å². The van der Waals surface area contributed by atoms with Gasteiger partial charge in [-0.3, -0.25) is 9.59 Å². The third-order valence-corrected chi connectivity index (χ3v) is 0.712. The highest BCUT2D eigenvalue weighted by molar-refractivity contribution is 5.80. The quantitative estimate of drug-likeness (QED) is 0.551. The zero-order valence-electron chi connectivity index (χ0n) is 7.48. The minimum absolute atomic E-state index is 0.167. The number of ketones is 1. The van der Waals surface area contributed by atoms with Crippen LogP contribution in [0.5, 0.6) is 0 Å². The fourth-order valence-electron chi connectivity index (χ4n) is 0.275. The highest BCUT2D eigenvalue weighted by Crippen LogP contribution is 1.86. The Kier molecular flexibility index (Phi) is 7.85. The van der Waals surface area contributed by atoms with Crippen molar-refractivity contribution < 1.29 is 24.6 Å². The second-order valence-electron chi connectivity index (χ2n) is 2.45. The Morgan fingerprint density at radius 2 is 1.54 bits per heavy atom. The van der Waals surface area contributed by atoms with Crippen LogP contribution in [0.25, 0.3) is 0 Å². The minimum atomic E-state index is -1.29. The first kappa shape index (κ1) is 14.1. The molecule has 0 aliphatic carbocycles. The monoisotopic (exact) mass is 191 g/mol. The van der Waals surface area contributed by atoms with Crippen molar-refractivity contribution in [3.63, 3.8) is 0 Å². The Balaban J connectivity index is 0. The molecule has 0 saturated carbocycles. The molecule has 0 aromatic rings. The zero-order valence-corrected chi connectivity index (χ0v) is 7.48. The summed E-state index contributed by atoms with van der Waals surface area (Å²) in [5, 5.41) is 16.0. The van der Waals surface area contributed by atoms with Crippen molar-refractivity contribution in [2.75, 3.05) is 0 Å². The normalized spacial score (nSPS) is 10.7. The first-order valence-corrected chi connectivity index (χ1v) is 3.44. The van der Waals surface area contributed by atoms with E-state index in [0.717, 1.165) is 0 Å². The van der Waals surface area contributed by atoms with Gasteiger partial charge in [-0.15, -0.1) is 0 Å². The molecule has 6 heteroatoms. The molecular weight excluding hydrogens is 178 g/mol. The Morgan fingerprint density at radius 1 is 1.23 bits per heavy atom. The first-order chi connectivity index (χ1) is 5.77. The van der Waals surface area contributed by atoms with Crippen LogP contribution in [0.3, 0.4) is 0 Å². The predicted octanol–water partition coefficient (Wildman–Crippen LogP) is -0.532. The van der Waals surface area contributed by atoms with Gasteiger partial charge in [0, 0.05) is 0 Å². The molecule has 0 radical (unpaired) electrons. The molecule has 0 saturated heterocycles. The maximum Gasteiger partial charge on any atom is 0.321 e. The maximum absolute atomic E-state index is 9.85. The van der Waals surface area contributed by atoms with Gasteiger partial charge in [0.2, 0.25) is 0 Å². The molecule has 0 aromatic heterocycles. The number of carboxylic acid groups (broad SMARTS) is 2. The fourth-order valence-corrected chi connectivity index (χ4v) is 0.275. The van der Waals surface area contributed by atoms with Gasteiger partial charge in [0.05, 0.1) is 6.42 Å². The first-order valence-electron chi connectivity index (χ1n) is 3.44. The number of hydrogen-bond acceptors (Lipinski definition) is 4. The number of aliphatic carboxylic acids is 2. The summed E-state index contributed by atoms with van der Waals surface area (Å²) in [6.45, 7) is 3.06. The summed E-state index contributed by atoms with van der Waals surface area (Å²) in [6, 6.07) is -1.29. The molecule has 0 spiro atoms. The molecule has 0 aliphatic rings. The van der Waals surface area contributed by atoms with E-state index >= 15 is 0 Å². The fraction of sp³-hybridized carbons (Fsp3) is 0.571. The highest BCUT2D eigenvalue weighted by Gasteiger charge is 2.14. The van der Waals surface area contributed by atoms with E-state index in [2.05, 4.69) is 0 Å². The van der Waals surface area contributed by atoms with Crippen molar-refractivity contribution in [1.82, 2.24) is 0 Å². The molecule has 6 nitrogen and oxygen atoms in total. The molecule has 4 N–H and O–H groups in total. The van der Waals surface area contributed by atoms with E-state index in [0.29, 0.717) is 0 Å². The number of carboxylic acids is 2. The minimum Gasteiger partial charge on any atom is -0.481 e. The van der Waals surface area contributed by atoms with Crippen molar-refractivity contribution in [2.45, 2.75) is 26.3 Å². The van der Waals surface area contributed by atoms with Crippen LogP contribution in [0, 0.1) is 0 Å². The summed E-state index contributed by atoms with van der Waals surface area (Å²) in [6.07, 6.45) is -0.532. The molecule has 0 amide bonds. The molecule has 0 aliphatic heterocycles. The molecule has 1 atom stereocenters. The summed E-state index contributed by atoms with van der Waals surface area (Å²) < 4.78 is 0. The van der Waals surface area contributed by atoms with Crippen LogP contribution in [0.4, 0.5) is 0 Å². The van der Waals surface area contributed by atoms with Crippen LogP contribution in [0.15, 0.2) is 0 Å². The number of nitrogens with two attached hydrogens (primary N) is 1. The molecule has 76 valence electrons. The van der Waals surface area contributed by atoms with E-state index in [-0.39, 0.29) is 5.78 Å². The standard InChI is InChI=1S/C4H7NO4.C3H6O/c5-2(4(8)9)1-3(6)7;1-3(2)4/h2H,1,5H2,(H,6,7)(H,8,9);1-2H3/t2-;/m0./s1. The Hall–Kier alpha value is -1.43. The van der Waals surface area contributed by atoms with Crippen molar-refractivity contribution in [3.8, 4) is 0 Å². The van der Waals surface area contributed by atoms with E-state index in [1.54, 1.807) is 0 Å². The molecule has 13 heavy (non-hydrogen) atoms. The topological polar surface area (TPSA) is 118 Å². The second-order valence-corrected chi connectivity index (χ2v) is 2.45. The molecular formula is C7H13NO5. The molecule has 0 aromatic carbocycles. The Labute approximate surface area is 75.3 Å². The van der Waals surface area contributed by atoms with Gasteiger partial charge in [-0.2, -0.15) is 0 Å². The van der Waals surface area contributed by atoms with Crippen LogP contribution in [0.1, 0.15) is 20.3 Å². The third kappa shape index (κ3) is 18.0. The maximum atomic E-state index is 9.85. The summed E-state index contributed by atoms with van der Waals surface area (Å²) >= 11 is 0. The highest BCUT2D eigenvalue weighted by atomic mass is 16.4. The van der Waals surface area contributed by atoms with Gasteiger partial charge in [-0.05, 0) is 13.8 Å². The van der Waals surface area contributed by atoms with E-state index in [9.17, 15) is 14.4 Å². The van der Waals surface area contributed by atoms with Gasteiger partial charge < -0.3 is 20.7 Å². The molecule has 0 fully saturated rings. The average molecular weight is 191 g/mol. The Bertz CT molecular complexity index is 197. The lowest BCUT2D eigenvalue weighted by Gasteiger charge is -1.99. The summed E-state index contributed by atoms with van der Waals surface area (Å²) in [5.74, 6) is -2.33. The van der Waals surface area contributed by atoms with E-state index in [1.165, 1.54) is 13.8 Å². The van der Waals surface area contributed by atoms with Gasteiger partial charge in [0.15, 0.2) is 0 Å². The zero-order chi connectivity index (χ0) is 11.0. The van der Waals surface area contributed by atoms with Gasteiger partial charge >= 0.3 is 11.9 Å². The van der Waals surface area contributed by atoms with E-state index in [4.69, 9.17) is 15.9 Å². The largest absolute Gasteiger partial charge is 0.481 e. The summed E-state index contributed by atoms with van der Waals surface area (Å²) in [5.41, 5.74) is 4.84. The van der Waals surface area contributed by atoms with Crippen molar-refractivity contribution in [1.29, 1.82) is 0 Å². The number of hydrogen-bond donors (Lipinski definition) is 3. The van der Waals surface area contributed by atoms with Gasteiger partial charge in [0.1, 0.15) is 11.8 Å². The van der Waals surface area contributed by atoms with Gasteiger partial charge in [-0.1, -0.05) is 0 Å². The summed E-state index contributed by atoms with van der Waals surface area (Å²) in [7, 11) is 0. The number of Topliss-reactive ketones (excluding diaryl/α,β-unsaturated/α-hetero) is 1. The summed E-state index contributed by atoms with van der Waals surface area (Å²) in [4.78, 5) is 29.1. The molecule has 0 heterocycles. The average Bonchev–Trinajstić information content (AvgIpc) is 1.83. The van der Waals surface area contributed by atoms with Crippen LogP contribution >= 0.6 is 0 Å². The SMILES string of the molecule is CC(C)=O.N[C@@H](CC(=O)O)C(=O)O. The lowest BCUT2D eigenvalue weighted by atomic mass is 10.2. The second kappa shape index (κ2) is 7.23. The van der Waals surface area contributed by atoms with Crippen LogP contribution in [-0.4, -0.2) is 34.0 Å². The predicted molar refractivity (Wildman–Crippen MR) is 44.2 cm³/mol.